The number of hydrogen-bond acceptors (Lipinski definition) is 11. The molecule has 0 bridgehead atoms. The number of rotatable bonds is 12. The molecule has 0 amide bonds. The van der Waals surface area contributed by atoms with Crippen molar-refractivity contribution in [3.05, 3.63) is 54.6 Å². The van der Waals surface area contributed by atoms with Gasteiger partial charge in [0.1, 0.15) is 29.3 Å². The molecule has 12 nitrogen and oxygen atoms in total. The van der Waals surface area contributed by atoms with Crippen LogP contribution in [0.3, 0.4) is 0 Å². The highest BCUT2D eigenvalue weighted by atomic mass is 35.5. The lowest BCUT2D eigenvalue weighted by Crippen LogP contribution is -2.48. The van der Waals surface area contributed by atoms with E-state index >= 15 is 4.39 Å². The zero-order valence-electron chi connectivity index (χ0n) is 27.9. The van der Waals surface area contributed by atoms with E-state index < -0.39 is 49.4 Å². The molecule has 0 spiro atoms. The molecule has 48 heavy (non-hydrogen) atoms. The standard InChI is InChI=1S/C32H41ClFN6O6PS/c1-19(30(42)43-16-31(3,4)5)38-47(48,46-23-14-10-12-21-11-8-9-13-22(21)23)44-17-32(15-33)26(41)24(34)29(45-32)40-18-35-25-27(39(6)7)36-20(2)37-28(25)40/h8-14,18-19,24,26,29,41H,15-17H2,1-7H3,(H,38,48)/t19-,24-,26-,29+,32+,47+/m0/s1. The Morgan fingerprint density at radius 2 is 1.96 bits per heavy atom. The molecule has 4 aromatic rings. The fourth-order valence-corrected chi connectivity index (χ4v) is 7.94. The average Bonchev–Trinajstić information content (AvgIpc) is 3.56. The third-order valence-corrected chi connectivity index (χ3v) is 10.6. The van der Waals surface area contributed by atoms with Gasteiger partial charge in [-0.2, -0.15) is 0 Å². The Balaban J connectivity index is 1.44. The molecular weight excluding hydrogens is 682 g/mol. The summed E-state index contributed by atoms with van der Waals surface area (Å²) in [7, 11) is 3.63. The van der Waals surface area contributed by atoms with Gasteiger partial charge in [0.15, 0.2) is 29.4 Å². The van der Waals surface area contributed by atoms with Gasteiger partial charge in [-0.05, 0) is 42.5 Å². The van der Waals surface area contributed by atoms with Gasteiger partial charge >= 0.3 is 12.6 Å². The number of aromatic nitrogens is 4. The number of alkyl halides is 2. The third kappa shape index (κ3) is 7.60. The number of esters is 1. The van der Waals surface area contributed by atoms with Gasteiger partial charge in [-0.15, -0.1) is 11.6 Å². The van der Waals surface area contributed by atoms with Crippen LogP contribution in [0.2, 0.25) is 0 Å². The number of aryl methyl sites for hydroxylation is 1. The van der Waals surface area contributed by atoms with Gasteiger partial charge in [0.2, 0.25) is 0 Å². The number of hydrogen-bond donors (Lipinski definition) is 2. The van der Waals surface area contributed by atoms with Crippen molar-refractivity contribution in [2.45, 2.75) is 64.8 Å². The van der Waals surface area contributed by atoms with Crippen LogP contribution >= 0.6 is 18.2 Å². The number of imidazole rings is 1. The van der Waals surface area contributed by atoms with E-state index in [-0.39, 0.29) is 17.9 Å². The predicted octanol–water partition coefficient (Wildman–Crippen LogP) is 5.45. The maximum Gasteiger partial charge on any atom is 0.323 e. The molecular formula is C32H41ClFN6O6PS. The monoisotopic (exact) mass is 722 g/mol. The average molecular weight is 723 g/mol. The minimum Gasteiger partial charge on any atom is -0.464 e. The number of benzene rings is 2. The summed E-state index contributed by atoms with van der Waals surface area (Å²) in [5, 5.41) is 16.0. The van der Waals surface area contributed by atoms with E-state index in [9.17, 15) is 9.90 Å². The van der Waals surface area contributed by atoms with Crippen molar-refractivity contribution in [2.24, 2.45) is 5.41 Å². The fraction of sp³-hybridized carbons (Fsp3) is 0.500. The number of nitrogens with one attached hydrogen (secondary N) is 1. The highest BCUT2D eigenvalue weighted by Crippen LogP contribution is 2.50. The van der Waals surface area contributed by atoms with Crippen LogP contribution in [0.1, 0.15) is 39.7 Å². The second-order valence-electron chi connectivity index (χ2n) is 13.3. The van der Waals surface area contributed by atoms with Gasteiger partial charge in [0.05, 0.1) is 25.4 Å². The van der Waals surface area contributed by atoms with Crippen molar-refractivity contribution in [1.29, 1.82) is 0 Å². The maximum atomic E-state index is 16.0. The largest absolute Gasteiger partial charge is 0.464 e. The van der Waals surface area contributed by atoms with Gasteiger partial charge in [-0.3, -0.25) is 9.36 Å². The summed E-state index contributed by atoms with van der Waals surface area (Å²) in [4.78, 5) is 28.1. The van der Waals surface area contributed by atoms with Crippen molar-refractivity contribution in [2.75, 3.05) is 38.1 Å². The first-order chi connectivity index (χ1) is 22.6. The first-order valence-electron chi connectivity index (χ1n) is 15.4. The van der Waals surface area contributed by atoms with Gasteiger partial charge in [0.25, 0.3) is 0 Å². The van der Waals surface area contributed by atoms with E-state index in [2.05, 4.69) is 20.0 Å². The molecule has 260 valence electrons. The highest BCUT2D eigenvalue weighted by Gasteiger charge is 2.57. The fourth-order valence-electron chi connectivity index (χ4n) is 5.20. The molecule has 0 unspecified atom stereocenters. The number of carbonyl (C=O) groups excluding carboxylic acids is 1. The molecule has 0 saturated carbocycles. The SMILES string of the molecule is Cc1nc(N(C)C)c2ncn([C@@H]3O[C@](CCl)(CO[P@](=S)(N[C@@H](C)C(=O)OCC(C)(C)C)Oc4cccc5ccccc45)[C@@H](O)[C@@H]3F)c2n1. The summed E-state index contributed by atoms with van der Waals surface area (Å²) in [6, 6.07) is 12.1. The van der Waals surface area contributed by atoms with E-state index in [1.807, 2.05) is 71.3 Å². The zero-order valence-corrected chi connectivity index (χ0v) is 30.4. The van der Waals surface area contributed by atoms with Crippen molar-refractivity contribution >= 4 is 63.8 Å². The maximum absolute atomic E-state index is 16.0. The first-order valence-corrected chi connectivity index (χ1v) is 18.5. The summed E-state index contributed by atoms with van der Waals surface area (Å²) in [5.41, 5.74) is -1.26. The molecule has 1 saturated heterocycles. The van der Waals surface area contributed by atoms with E-state index in [0.717, 1.165) is 10.8 Å². The normalized spacial score (nSPS) is 23.2. The number of anilines is 1. The van der Waals surface area contributed by atoms with Crippen molar-refractivity contribution in [1.82, 2.24) is 24.6 Å². The number of carbonyl (C=O) groups is 1. The number of aliphatic hydroxyl groups is 1. The van der Waals surface area contributed by atoms with Crippen LogP contribution < -0.4 is 14.5 Å². The smallest absolute Gasteiger partial charge is 0.323 e. The Kier molecular flexibility index (Phi) is 10.7. The van der Waals surface area contributed by atoms with Crippen molar-refractivity contribution in [3.8, 4) is 5.75 Å². The highest BCUT2D eigenvalue weighted by molar-refractivity contribution is 8.09. The lowest BCUT2D eigenvalue weighted by Gasteiger charge is -2.33. The van der Waals surface area contributed by atoms with E-state index in [0.29, 0.717) is 28.6 Å². The summed E-state index contributed by atoms with van der Waals surface area (Å²) < 4.78 is 41.8. The molecule has 1 aliphatic rings. The molecule has 5 rings (SSSR count). The van der Waals surface area contributed by atoms with Crippen LogP contribution in [0.15, 0.2) is 48.8 Å². The number of fused-ring (bicyclic) bond motifs is 2. The van der Waals surface area contributed by atoms with Crippen molar-refractivity contribution in [3.63, 3.8) is 0 Å². The molecule has 0 aliphatic carbocycles. The summed E-state index contributed by atoms with van der Waals surface area (Å²) in [5.74, 6) is 0.483. The minimum absolute atomic E-state index is 0.184. The number of nitrogens with zero attached hydrogens (tertiary/aromatic N) is 5. The number of ether oxygens (including phenoxy) is 2. The first kappa shape index (κ1) is 36.3. The van der Waals surface area contributed by atoms with Gasteiger partial charge in [-0.25, -0.2) is 24.4 Å². The quantitative estimate of drug-likeness (QED) is 0.110. The Hall–Kier alpha value is -2.97. The van der Waals surface area contributed by atoms with E-state index in [4.69, 9.17) is 41.9 Å². The number of aliphatic hydroxyl groups excluding tert-OH is 1. The molecule has 0 radical (unpaired) electrons. The molecule has 2 N–H and O–H groups in total. The molecule has 2 aromatic carbocycles. The number of halogens is 2. The van der Waals surface area contributed by atoms with Gasteiger partial charge < -0.3 is 28.5 Å². The van der Waals surface area contributed by atoms with Crippen LogP contribution in [0.4, 0.5) is 10.2 Å². The van der Waals surface area contributed by atoms with E-state index in [1.165, 1.54) is 10.9 Å². The molecule has 3 heterocycles. The summed E-state index contributed by atoms with van der Waals surface area (Å²) >= 11 is 12.4. The van der Waals surface area contributed by atoms with Gasteiger partial charge in [-0.1, -0.05) is 57.2 Å². The topological polar surface area (TPSA) is 133 Å². The van der Waals surface area contributed by atoms with E-state index in [1.54, 1.807) is 24.8 Å². The van der Waals surface area contributed by atoms with Crippen molar-refractivity contribution < 1.29 is 32.8 Å². The van der Waals surface area contributed by atoms with Crippen LogP contribution in [0.25, 0.3) is 21.9 Å². The molecule has 1 fully saturated rings. The third-order valence-electron chi connectivity index (χ3n) is 7.71. The van der Waals surface area contributed by atoms with Crippen LogP contribution in [-0.4, -0.2) is 87.7 Å². The van der Waals surface area contributed by atoms with Crippen LogP contribution in [0.5, 0.6) is 5.75 Å². The van der Waals surface area contributed by atoms with Crippen LogP contribution in [0, 0.1) is 12.3 Å². The second-order valence-corrected chi connectivity index (χ2v) is 16.7. The Morgan fingerprint density at radius 1 is 1.25 bits per heavy atom. The molecule has 2 aromatic heterocycles. The molecule has 6 atom stereocenters. The lowest BCUT2D eigenvalue weighted by molar-refractivity contribution is -0.148. The van der Waals surface area contributed by atoms with Gasteiger partial charge in [0, 0.05) is 19.5 Å². The Labute approximate surface area is 289 Å². The Bertz CT molecular complexity index is 1840. The predicted molar refractivity (Wildman–Crippen MR) is 187 cm³/mol. The zero-order chi connectivity index (χ0) is 35.0. The molecule has 1 aliphatic heterocycles. The molecule has 16 heteroatoms. The van der Waals surface area contributed by atoms with Crippen LogP contribution in [-0.2, 0) is 30.6 Å². The lowest BCUT2D eigenvalue weighted by atomic mass is 9.99. The minimum atomic E-state index is -3.65. The summed E-state index contributed by atoms with van der Waals surface area (Å²) in [6.45, 7) is 5.20. The Morgan fingerprint density at radius 3 is 2.65 bits per heavy atom. The summed E-state index contributed by atoms with van der Waals surface area (Å²) in [6.07, 6.45) is -3.64. The second kappa shape index (κ2) is 14.1.